The molecule has 5 heteroatoms. The number of benzene rings is 1. The van der Waals surface area contributed by atoms with Gasteiger partial charge in [0, 0.05) is 22.3 Å². The fourth-order valence-electron chi connectivity index (χ4n) is 2.25. The summed E-state index contributed by atoms with van der Waals surface area (Å²) in [6, 6.07) is 5.46. The van der Waals surface area contributed by atoms with Crippen LogP contribution in [0.4, 0.5) is 10.5 Å². The fourth-order valence-corrected chi connectivity index (χ4v) is 2.61. The maximum absolute atomic E-state index is 12.2. The molecule has 0 bridgehead atoms. The molecule has 1 heterocycles. The van der Waals surface area contributed by atoms with E-state index in [1.165, 1.54) is 0 Å². The molecule has 0 saturated carbocycles. The predicted molar refractivity (Wildman–Crippen MR) is 91.4 cm³/mol. The summed E-state index contributed by atoms with van der Waals surface area (Å²) in [6.45, 7) is 6.28. The number of hydrogen-bond acceptors (Lipinski definition) is 3. The molecule has 1 atom stereocenters. The number of carbonyl (C=O) groups excluding carboxylic acids is 1. The highest BCUT2D eigenvalue weighted by molar-refractivity contribution is 9.10. The number of anilines is 1. The molecule has 1 aliphatic heterocycles. The largest absolute Gasteiger partial charge is 0.444 e. The zero-order valence-electron chi connectivity index (χ0n) is 13.1. The van der Waals surface area contributed by atoms with E-state index >= 15 is 0 Å². The van der Waals surface area contributed by atoms with E-state index in [1.807, 2.05) is 39.0 Å². The van der Waals surface area contributed by atoms with Crippen LogP contribution in [-0.4, -0.2) is 29.2 Å². The number of rotatable bonds is 0. The number of nitrogens with two attached hydrogens (primary N) is 1. The van der Waals surface area contributed by atoms with Crippen LogP contribution < -0.4 is 5.73 Å². The predicted octanol–water partition coefficient (Wildman–Crippen LogP) is 3.78. The number of likely N-dealkylation sites (tertiary alicyclic amines) is 1. The molecule has 1 fully saturated rings. The number of carbonyl (C=O) groups is 1. The SMILES string of the molecule is CC(C)(C)OC(=O)N1CCC[C@@H]1C#Cc1cc(Br)ccc1N. The van der Waals surface area contributed by atoms with E-state index in [1.54, 1.807) is 4.90 Å². The van der Waals surface area contributed by atoms with Gasteiger partial charge in [0.05, 0.1) is 6.04 Å². The zero-order chi connectivity index (χ0) is 16.3. The Kier molecular flexibility index (Phi) is 5.02. The highest BCUT2D eigenvalue weighted by Gasteiger charge is 2.31. The topological polar surface area (TPSA) is 55.6 Å². The molecule has 1 aromatic rings. The van der Waals surface area contributed by atoms with Crippen LogP contribution in [0.2, 0.25) is 0 Å². The van der Waals surface area contributed by atoms with Gasteiger partial charge >= 0.3 is 6.09 Å². The lowest BCUT2D eigenvalue weighted by molar-refractivity contribution is 0.0261. The first-order valence-electron chi connectivity index (χ1n) is 7.32. The van der Waals surface area contributed by atoms with Crippen LogP contribution in [0.15, 0.2) is 22.7 Å². The first kappa shape index (κ1) is 16.7. The summed E-state index contributed by atoms with van der Waals surface area (Å²) in [5.41, 5.74) is 6.84. The first-order chi connectivity index (χ1) is 10.3. The molecule has 0 aliphatic carbocycles. The number of hydrogen-bond donors (Lipinski definition) is 1. The smallest absolute Gasteiger partial charge is 0.411 e. The molecule has 118 valence electrons. The molecule has 1 aromatic carbocycles. The van der Waals surface area contributed by atoms with Gasteiger partial charge in [0.1, 0.15) is 5.60 Å². The van der Waals surface area contributed by atoms with Crippen molar-refractivity contribution >= 4 is 27.7 Å². The number of nitrogen functional groups attached to an aromatic ring is 1. The van der Waals surface area contributed by atoms with Crippen molar-refractivity contribution < 1.29 is 9.53 Å². The average Bonchev–Trinajstić information content (AvgIpc) is 2.86. The van der Waals surface area contributed by atoms with Crippen molar-refractivity contribution in [1.82, 2.24) is 4.90 Å². The molecule has 1 aliphatic rings. The lowest BCUT2D eigenvalue weighted by atomic mass is 10.1. The first-order valence-corrected chi connectivity index (χ1v) is 8.12. The highest BCUT2D eigenvalue weighted by atomic mass is 79.9. The standard InChI is InChI=1S/C17H21BrN2O2/c1-17(2,3)22-16(21)20-10-4-5-14(20)8-6-12-11-13(18)7-9-15(12)19/h7,9,11,14H,4-5,10,19H2,1-3H3/t14-/m1/s1. The summed E-state index contributed by atoms with van der Waals surface area (Å²) in [6.07, 6.45) is 1.50. The van der Waals surface area contributed by atoms with Gasteiger partial charge in [-0.15, -0.1) is 0 Å². The summed E-state index contributed by atoms with van der Waals surface area (Å²) in [5, 5.41) is 0. The summed E-state index contributed by atoms with van der Waals surface area (Å²) in [4.78, 5) is 13.9. The molecule has 0 radical (unpaired) electrons. The second kappa shape index (κ2) is 6.62. The highest BCUT2D eigenvalue weighted by Crippen LogP contribution is 2.21. The lowest BCUT2D eigenvalue weighted by Gasteiger charge is -2.26. The molecule has 2 rings (SSSR count). The molecule has 0 unspecified atom stereocenters. The van der Waals surface area contributed by atoms with Crippen molar-refractivity contribution in [3.63, 3.8) is 0 Å². The normalized spacial score (nSPS) is 17.8. The maximum atomic E-state index is 12.2. The lowest BCUT2D eigenvalue weighted by Crippen LogP contribution is -2.39. The molecule has 22 heavy (non-hydrogen) atoms. The average molecular weight is 365 g/mol. The van der Waals surface area contributed by atoms with E-state index in [0.717, 1.165) is 22.9 Å². The third kappa shape index (κ3) is 4.41. The Bertz CT molecular complexity index is 626. The van der Waals surface area contributed by atoms with Gasteiger partial charge in [0.15, 0.2) is 0 Å². The summed E-state index contributed by atoms with van der Waals surface area (Å²) in [5.74, 6) is 6.25. The molecule has 4 nitrogen and oxygen atoms in total. The minimum absolute atomic E-state index is 0.117. The van der Waals surface area contributed by atoms with E-state index < -0.39 is 5.60 Å². The molecule has 0 spiro atoms. The van der Waals surface area contributed by atoms with E-state index in [4.69, 9.17) is 10.5 Å². The Morgan fingerprint density at radius 1 is 1.45 bits per heavy atom. The third-order valence-corrected chi connectivity index (χ3v) is 3.76. The van der Waals surface area contributed by atoms with Gasteiger partial charge in [-0.2, -0.15) is 0 Å². The Morgan fingerprint density at radius 2 is 2.18 bits per heavy atom. The quantitative estimate of drug-likeness (QED) is 0.562. The zero-order valence-corrected chi connectivity index (χ0v) is 14.7. The second-order valence-electron chi connectivity index (χ2n) is 6.33. The van der Waals surface area contributed by atoms with Crippen molar-refractivity contribution in [2.24, 2.45) is 0 Å². The molecule has 1 amide bonds. The van der Waals surface area contributed by atoms with Gasteiger partial charge in [0.25, 0.3) is 0 Å². The molecular formula is C17H21BrN2O2. The molecule has 2 N–H and O–H groups in total. The number of halogens is 1. The van der Waals surface area contributed by atoms with Crippen molar-refractivity contribution in [2.45, 2.75) is 45.3 Å². The van der Waals surface area contributed by atoms with Gasteiger partial charge in [-0.3, -0.25) is 4.90 Å². The van der Waals surface area contributed by atoms with Gasteiger partial charge in [-0.25, -0.2) is 4.79 Å². The summed E-state index contributed by atoms with van der Waals surface area (Å²) < 4.78 is 6.37. The van der Waals surface area contributed by atoms with E-state index in [-0.39, 0.29) is 12.1 Å². The van der Waals surface area contributed by atoms with Crippen LogP contribution in [0.1, 0.15) is 39.2 Å². The molecule has 1 saturated heterocycles. The van der Waals surface area contributed by atoms with Crippen LogP contribution in [0.3, 0.4) is 0 Å². The van der Waals surface area contributed by atoms with Crippen LogP contribution in [-0.2, 0) is 4.74 Å². The van der Waals surface area contributed by atoms with E-state index in [0.29, 0.717) is 12.2 Å². The summed E-state index contributed by atoms with van der Waals surface area (Å²) >= 11 is 3.41. The van der Waals surface area contributed by atoms with Gasteiger partial charge in [0.2, 0.25) is 0 Å². The van der Waals surface area contributed by atoms with Crippen molar-refractivity contribution in [2.75, 3.05) is 12.3 Å². The second-order valence-corrected chi connectivity index (χ2v) is 7.25. The van der Waals surface area contributed by atoms with Gasteiger partial charge < -0.3 is 10.5 Å². The number of ether oxygens (including phenoxy) is 1. The Labute approximate surface area is 140 Å². The monoisotopic (exact) mass is 364 g/mol. The minimum atomic E-state index is -0.494. The van der Waals surface area contributed by atoms with Crippen molar-refractivity contribution in [3.05, 3.63) is 28.2 Å². The van der Waals surface area contributed by atoms with E-state index in [9.17, 15) is 4.79 Å². The Morgan fingerprint density at radius 3 is 2.86 bits per heavy atom. The van der Waals surface area contributed by atoms with Gasteiger partial charge in [-0.05, 0) is 51.8 Å². The maximum Gasteiger partial charge on any atom is 0.411 e. The molecular weight excluding hydrogens is 344 g/mol. The number of nitrogens with zero attached hydrogens (tertiary/aromatic N) is 1. The summed E-state index contributed by atoms with van der Waals surface area (Å²) in [7, 11) is 0. The van der Waals surface area contributed by atoms with Crippen LogP contribution in [0.5, 0.6) is 0 Å². The van der Waals surface area contributed by atoms with Crippen molar-refractivity contribution in [1.29, 1.82) is 0 Å². The third-order valence-electron chi connectivity index (χ3n) is 3.27. The van der Waals surface area contributed by atoms with Crippen LogP contribution in [0, 0.1) is 11.8 Å². The van der Waals surface area contributed by atoms with Gasteiger partial charge in [-0.1, -0.05) is 27.8 Å². The van der Waals surface area contributed by atoms with Crippen molar-refractivity contribution in [3.8, 4) is 11.8 Å². The fraction of sp³-hybridized carbons (Fsp3) is 0.471. The Balaban J connectivity index is 2.14. The Hall–Kier alpha value is -1.67. The molecule has 0 aromatic heterocycles. The van der Waals surface area contributed by atoms with E-state index in [2.05, 4.69) is 27.8 Å². The minimum Gasteiger partial charge on any atom is -0.444 e. The van der Waals surface area contributed by atoms with Crippen LogP contribution >= 0.6 is 15.9 Å². The number of amides is 1. The van der Waals surface area contributed by atoms with Crippen LogP contribution in [0.25, 0.3) is 0 Å².